The number of benzene rings is 1. The van der Waals surface area contributed by atoms with Crippen molar-refractivity contribution in [2.24, 2.45) is 0 Å². The summed E-state index contributed by atoms with van der Waals surface area (Å²) in [6.45, 7) is 1.25. The number of hydrogen-bond donors (Lipinski definition) is 2. The van der Waals surface area contributed by atoms with Gasteiger partial charge in [-0.25, -0.2) is 14.8 Å². The van der Waals surface area contributed by atoms with E-state index < -0.39 is 5.54 Å². The fourth-order valence-corrected chi connectivity index (χ4v) is 4.31. The summed E-state index contributed by atoms with van der Waals surface area (Å²) in [6, 6.07) is 5.33. The third-order valence-corrected chi connectivity index (χ3v) is 5.89. The van der Waals surface area contributed by atoms with Gasteiger partial charge < -0.3 is 10.6 Å². The largest absolute Gasteiger partial charge is 0.369 e. The molecule has 3 amide bonds. The van der Waals surface area contributed by atoms with E-state index in [4.69, 9.17) is 11.6 Å². The molecular formula is C20H24ClN5O2. The van der Waals surface area contributed by atoms with Gasteiger partial charge in [-0.15, -0.1) is 0 Å². The third-order valence-electron chi connectivity index (χ3n) is 5.65. The number of nitrogens with zero attached hydrogens (tertiary/aromatic N) is 3. The molecular weight excluding hydrogens is 378 g/mol. The molecule has 8 heteroatoms. The summed E-state index contributed by atoms with van der Waals surface area (Å²) in [5.41, 5.74) is 0.208. The Balaban J connectivity index is 1.23. The van der Waals surface area contributed by atoms with E-state index in [-0.39, 0.29) is 11.9 Å². The quantitative estimate of drug-likeness (QED) is 0.545. The van der Waals surface area contributed by atoms with Crippen LogP contribution in [0.25, 0.3) is 10.9 Å². The summed E-state index contributed by atoms with van der Waals surface area (Å²) in [7, 11) is 0. The number of rotatable bonds is 7. The first-order valence-electron chi connectivity index (χ1n) is 9.87. The van der Waals surface area contributed by atoms with Gasteiger partial charge in [-0.2, -0.15) is 0 Å². The van der Waals surface area contributed by atoms with Gasteiger partial charge in [-0.05, 0) is 50.3 Å². The Morgan fingerprint density at radius 3 is 2.79 bits per heavy atom. The van der Waals surface area contributed by atoms with Crippen LogP contribution in [-0.4, -0.2) is 45.4 Å². The molecule has 7 nitrogen and oxygen atoms in total. The molecule has 0 bridgehead atoms. The van der Waals surface area contributed by atoms with Crippen LogP contribution in [0.5, 0.6) is 0 Å². The number of unbranched alkanes of at least 4 members (excludes halogenated alkanes) is 2. The zero-order valence-corrected chi connectivity index (χ0v) is 16.5. The van der Waals surface area contributed by atoms with E-state index in [0.717, 1.165) is 68.2 Å². The van der Waals surface area contributed by atoms with Gasteiger partial charge in [-0.1, -0.05) is 24.4 Å². The lowest BCUT2D eigenvalue weighted by Crippen LogP contribution is -2.44. The number of carbonyl (C=O) groups excluding carboxylic acids is 2. The fourth-order valence-electron chi connectivity index (χ4n) is 4.15. The van der Waals surface area contributed by atoms with Crippen LogP contribution >= 0.6 is 11.6 Å². The zero-order valence-electron chi connectivity index (χ0n) is 15.7. The number of carbonyl (C=O) groups is 2. The van der Waals surface area contributed by atoms with Crippen LogP contribution in [0.1, 0.15) is 44.9 Å². The lowest BCUT2D eigenvalue weighted by atomic mass is 9.98. The summed E-state index contributed by atoms with van der Waals surface area (Å²) < 4.78 is 0. The molecule has 1 spiro atoms. The molecule has 2 heterocycles. The highest BCUT2D eigenvalue weighted by atomic mass is 35.5. The number of hydrogen-bond acceptors (Lipinski definition) is 5. The smallest absolute Gasteiger partial charge is 0.325 e. The molecule has 28 heavy (non-hydrogen) atoms. The van der Waals surface area contributed by atoms with Gasteiger partial charge in [0.05, 0.1) is 5.52 Å². The topological polar surface area (TPSA) is 87.2 Å². The highest BCUT2D eigenvalue weighted by Crippen LogP contribution is 2.35. The number of aromatic nitrogens is 2. The molecule has 2 fully saturated rings. The van der Waals surface area contributed by atoms with Gasteiger partial charge in [0.1, 0.15) is 17.7 Å². The van der Waals surface area contributed by atoms with Crippen LogP contribution in [-0.2, 0) is 4.79 Å². The number of anilines is 1. The third kappa shape index (κ3) is 3.63. The van der Waals surface area contributed by atoms with Crippen LogP contribution in [0.3, 0.4) is 0 Å². The van der Waals surface area contributed by atoms with E-state index in [1.807, 2.05) is 18.2 Å². The second-order valence-electron chi connectivity index (χ2n) is 7.55. The van der Waals surface area contributed by atoms with E-state index in [1.54, 1.807) is 0 Å². The zero-order chi connectivity index (χ0) is 19.6. The average Bonchev–Trinajstić information content (AvgIpc) is 3.24. The SMILES string of the molecule is O=C1NC2(CCCC2)C(=O)N1CCCCCNc1ncnc2cc(Cl)ccc12. The Morgan fingerprint density at radius 2 is 1.96 bits per heavy atom. The van der Waals surface area contributed by atoms with Gasteiger partial charge in [0.2, 0.25) is 0 Å². The lowest BCUT2D eigenvalue weighted by molar-refractivity contribution is -0.131. The van der Waals surface area contributed by atoms with Gasteiger partial charge in [0.15, 0.2) is 0 Å². The van der Waals surface area contributed by atoms with Crippen LogP contribution in [0.4, 0.5) is 10.6 Å². The Hall–Kier alpha value is -2.41. The summed E-state index contributed by atoms with van der Waals surface area (Å²) in [6.07, 6.45) is 7.74. The number of urea groups is 1. The number of halogens is 1. The monoisotopic (exact) mass is 401 g/mol. The molecule has 0 atom stereocenters. The molecule has 0 unspecified atom stereocenters. The lowest BCUT2D eigenvalue weighted by Gasteiger charge is -2.20. The van der Waals surface area contributed by atoms with Crippen molar-refractivity contribution in [2.45, 2.75) is 50.5 Å². The number of imide groups is 1. The first-order chi connectivity index (χ1) is 13.6. The van der Waals surface area contributed by atoms with E-state index in [0.29, 0.717) is 11.6 Å². The summed E-state index contributed by atoms with van der Waals surface area (Å²) in [4.78, 5) is 34.7. The minimum atomic E-state index is -0.602. The van der Waals surface area contributed by atoms with E-state index >= 15 is 0 Å². The molecule has 1 saturated carbocycles. The highest BCUT2D eigenvalue weighted by molar-refractivity contribution is 6.31. The fraction of sp³-hybridized carbons (Fsp3) is 0.500. The van der Waals surface area contributed by atoms with E-state index in [1.165, 1.54) is 11.2 Å². The Kier molecular flexibility index (Phi) is 5.35. The van der Waals surface area contributed by atoms with Crippen LogP contribution in [0.15, 0.2) is 24.5 Å². The van der Waals surface area contributed by atoms with Crippen molar-refractivity contribution in [3.8, 4) is 0 Å². The average molecular weight is 402 g/mol. The second kappa shape index (κ2) is 7.91. The molecule has 4 rings (SSSR count). The Bertz CT molecular complexity index is 897. The number of nitrogens with one attached hydrogen (secondary N) is 2. The molecule has 2 N–H and O–H groups in total. The minimum Gasteiger partial charge on any atom is -0.369 e. The molecule has 0 radical (unpaired) electrons. The summed E-state index contributed by atoms with van der Waals surface area (Å²) >= 11 is 6.01. The number of fused-ring (bicyclic) bond motifs is 1. The van der Waals surface area contributed by atoms with Crippen LogP contribution in [0.2, 0.25) is 5.02 Å². The van der Waals surface area contributed by atoms with Crippen molar-refractivity contribution in [3.63, 3.8) is 0 Å². The summed E-state index contributed by atoms with van der Waals surface area (Å²) in [5.74, 6) is 0.762. The van der Waals surface area contributed by atoms with Crippen molar-refractivity contribution in [3.05, 3.63) is 29.5 Å². The molecule has 1 saturated heterocycles. The predicted octanol–water partition coefficient (Wildman–Crippen LogP) is 3.73. The molecule has 1 aliphatic carbocycles. The summed E-state index contributed by atoms with van der Waals surface area (Å²) in [5, 5.41) is 7.85. The first kappa shape index (κ1) is 18.9. The Morgan fingerprint density at radius 1 is 1.14 bits per heavy atom. The van der Waals surface area contributed by atoms with E-state index in [9.17, 15) is 9.59 Å². The van der Waals surface area contributed by atoms with E-state index in [2.05, 4.69) is 20.6 Å². The molecule has 1 aromatic heterocycles. The van der Waals surface area contributed by atoms with Crippen molar-refractivity contribution in [1.82, 2.24) is 20.2 Å². The van der Waals surface area contributed by atoms with Crippen molar-refractivity contribution in [1.29, 1.82) is 0 Å². The van der Waals surface area contributed by atoms with Crippen molar-refractivity contribution < 1.29 is 9.59 Å². The standard InChI is InChI=1S/C20H24ClN5O2/c21-14-6-7-15-16(12-14)23-13-24-17(15)22-10-4-1-5-11-26-18(27)20(25-19(26)28)8-2-3-9-20/h6-7,12-13H,1-5,8-11H2,(H,25,28)(H,22,23,24). The van der Waals surface area contributed by atoms with Gasteiger partial charge in [0.25, 0.3) is 5.91 Å². The molecule has 2 aliphatic rings. The predicted molar refractivity (Wildman–Crippen MR) is 108 cm³/mol. The maximum atomic E-state index is 12.6. The van der Waals surface area contributed by atoms with Crippen molar-refractivity contribution >= 4 is 40.3 Å². The molecule has 148 valence electrons. The maximum absolute atomic E-state index is 12.6. The first-order valence-corrected chi connectivity index (χ1v) is 10.3. The Labute approximate surface area is 168 Å². The molecule has 1 aromatic carbocycles. The van der Waals surface area contributed by atoms with Gasteiger partial charge in [0, 0.05) is 23.5 Å². The second-order valence-corrected chi connectivity index (χ2v) is 7.98. The highest BCUT2D eigenvalue weighted by Gasteiger charge is 2.51. The van der Waals surface area contributed by atoms with Gasteiger partial charge in [-0.3, -0.25) is 9.69 Å². The van der Waals surface area contributed by atoms with Crippen LogP contribution < -0.4 is 10.6 Å². The minimum absolute atomic E-state index is 0.0285. The van der Waals surface area contributed by atoms with Crippen LogP contribution in [0, 0.1) is 0 Å². The van der Waals surface area contributed by atoms with Crippen molar-refractivity contribution in [2.75, 3.05) is 18.4 Å². The maximum Gasteiger partial charge on any atom is 0.325 e. The number of amides is 3. The molecule has 2 aromatic rings. The normalized spacial score (nSPS) is 18.2. The molecule has 1 aliphatic heterocycles. The van der Waals surface area contributed by atoms with Gasteiger partial charge >= 0.3 is 6.03 Å².